The van der Waals surface area contributed by atoms with Gasteiger partial charge in [0, 0.05) is 56.6 Å². The van der Waals surface area contributed by atoms with Crippen molar-refractivity contribution in [1.82, 2.24) is 14.9 Å². The maximum absolute atomic E-state index is 12.9. The van der Waals surface area contributed by atoms with E-state index in [9.17, 15) is 4.79 Å². The Morgan fingerprint density at radius 3 is 2.21 bits per heavy atom. The van der Waals surface area contributed by atoms with E-state index in [4.69, 9.17) is 4.98 Å². The maximum Gasteiger partial charge on any atom is 0.253 e. The third-order valence-electron chi connectivity index (χ3n) is 6.11. The molecule has 6 nitrogen and oxygen atoms in total. The van der Waals surface area contributed by atoms with Crippen molar-refractivity contribution in [3.8, 4) is 0 Å². The summed E-state index contributed by atoms with van der Waals surface area (Å²) in [6, 6.07) is 8.06. The molecular weight excluding hydrogens is 362 g/mol. The van der Waals surface area contributed by atoms with Crippen molar-refractivity contribution < 1.29 is 4.79 Å². The van der Waals surface area contributed by atoms with Crippen LogP contribution in [0.4, 0.5) is 11.8 Å². The number of rotatable bonds is 3. The zero-order valence-electron chi connectivity index (χ0n) is 17.8. The summed E-state index contributed by atoms with van der Waals surface area (Å²) in [6.07, 6.45) is 3.78. The molecule has 2 aliphatic heterocycles. The zero-order valence-corrected chi connectivity index (χ0v) is 17.8. The molecule has 3 heterocycles. The molecule has 6 heteroatoms. The molecule has 0 radical (unpaired) electrons. The molecule has 0 saturated carbocycles. The van der Waals surface area contributed by atoms with Gasteiger partial charge in [0.25, 0.3) is 5.91 Å². The van der Waals surface area contributed by atoms with Crippen LogP contribution in [-0.4, -0.2) is 60.0 Å². The fraction of sp³-hybridized carbons (Fsp3) is 0.522. The van der Waals surface area contributed by atoms with Crippen molar-refractivity contribution in [3.63, 3.8) is 0 Å². The molecule has 0 unspecified atom stereocenters. The minimum Gasteiger partial charge on any atom is -0.356 e. The second-order valence-electron chi connectivity index (χ2n) is 8.29. The van der Waals surface area contributed by atoms with Crippen LogP contribution in [0.2, 0.25) is 0 Å². The first-order chi connectivity index (χ1) is 14.0. The molecule has 0 aliphatic carbocycles. The predicted molar refractivity (Wildman–Crippen MR) is 117 cm³/mol. The molecular formula is C23H31N5O. The molecule has 1 aromatic heterocycles. The molecule has 4 rings (SSSR count). The number of aryl methyl sites for hydroxylation is 3. The Labute approximate surface area is 173 Å². The third-order valence-corrected chi connectivity index (χ3v) is 6.11. The molecule has 1 aromatic carbocycles. The first-order valence-corrected chi connectivity index (χ1v) is 10.7. The van der Waals surface area contributed by atoms with Gasteiger partial charge in [0.15, 0.2) is 0 Å². The second-order valence-corrected chi connectivity index (χ2v) is 8.29. The maximum atomic E-state index is 12.9. The summed E-state index contributed by atoms with van der Waals surface area (Å²) in [6.45, 7) is 11.2. The molecule has 2 aromatic rings. The van der Waals surface area contributed by atoms with Crippen molar-refractivity contribution in [1.29, 1.82) is 0 Å². The minimum atomic E-state index is 0.118. The quantitative estimate of drug-likeness (QED) is 0.800. The lowest BCUT2D eigenvalue weighted by molar-refractivity contribution is 0.0746. The van der Waals surface area contributed by atoms with Gasteiger partial charge in [0.05, 0.1) is 0 Å². The average Bonchev–Trinajstić information content (AvgIpc) is 2.75. The normalized spacial score (nSPS) is 17.6. The largest absolute Gasteiger partial charge is 0.356 e. The van der Waals surface area contributed by atoms with Gasteiger partial charge in [-0.15, -0.1) is 0 Å². The van der Waals surface area contributed by atoms with Crippen molar-refractivity contribution in [2.24, 2.45) is 0 Å². The molecule has 0 atom stereocenters. The number of hydrogen-bond acceptors (Lipinski definition) is 5. The summed E-state index contributed by atoms with van der Waals surface area (Å²) < 4.78 is 0. The first kappa shape index (κ1) is 19.7. The van der Waals surface area contributed by atoms with Crippen LogP contribution in [0, 0.1) is 20.8 Å². The number of hydrogen-bond donors (Lipinski definition) is 0. The Hall–Kier alpha value is -2.63. The number of carbonyl (C=O) groups is 1. The van der Waals surface area contributed by atoms with Crippen LogP contribution >= 0.6 is 0 Å². The highest BCUT2D eigenvalue weighted by molar-refractivity contribution is 5.94. The van der Waals surface area contributed by atoms with E-state index in [0.717, 1.165) is 54.8 Å². The zero-order chi connectivity index (χ0) is 20.4. The van der Waals surface area contributed by atoms with Gasteiger partial charge in [0.1, 0.15) is 5.82 Å². The van der Waals surface area contributed by atoms with Crippen LogP contribution in [0.25, 0.3) is 0 Å². The van der Waals surface area contributed by atoms with E-state index in [1.165, 1.54) is 24.8 Å². The van der Waals surface area contributed by atoms with E-state index in [1.807, 2.05) is 30.0 Å². The van der Waals surface area contributed by atoms with E-state index in [0.29, 0.717) is 13.1 Å². The Morgan fingerprint density at radius 2 is 1.52 bits per heavy atom. The Bertz CT molecular complexity index is 883. The Kier molecular flexibility index (Phi) is 5.69. The van der Waals surface area contributed by atoms with Crippen LogP contribution in [0.5, 0.6) is 0 Å². The SMILES string of the molecule is Cc1cc(N2CCCCC2)nc(N2CCN(C(=O)c3ccc(C)c(C)c3)CC2)n1. The summed E-state index contributed by atoms with van der Waals surface area (Å²) >= 11 is 0. The molecule has 0 N–H and O–H groups in total. The third kappa shape index (κ3) is 4.36. The van der Waals surface area contributed by atoms with Gasteiger partial charge in [-0.3, -0.25) is 4.79 Å². The highest BCUT2D eigenvalue weighted by Crippen LogP contribution is 2.22. The van der Waals surface area contributed by atoms with Gasteiger partial charge < -0.3 is 14.7 Å². The molecule has 154 valence electrons. The van der Waals surface area contributed by atoms with Crippen molar-refractivity contribution in [2.45, 2.75) is 40.0 Å². The molecule has 2 saturated heterocycles. The van der Waals surface area contributed by atoms with Gasteiger partial charge in [-0.1, -0.05) is 6.07 Å². The van der Waals surface area contributed by atoms with Gasteiger partial charge in [-0.05, 0) is 63.3 Å². The van der Waals surface area contributed by atoms with Crippen LogP contribution in [0.15, 0.2) is 24.3 Å². The average molecular weight is 394 g/mol. The lowest BCUT2D eigenvalue weighted by atomic mass is 10.1. The topological polar surface area (TPSA) is 52.6 Å². The van der Waals surface area contributed by atoms with Crippen LogP contribution < -0.4 is 9.80 Å². The smallest absolute Gasteiger partial charge is 0.253 e. The fourth-order valence-corrected chi connectivity index (χ4v) is 4.13. The molecule has 0 bridgehead atoms. The summed E-state index contributed by atoms with van der Waals surface area (Å²) in [7, 11) is 0. The fourth-order valence-electron chi connectivity index (χ4n) is 4.13. The molecule has 29 heavy (non-hydrogen) atoms. The molecule has 2 aliphatic rings. The highest BCUT2D eigenvalue weighted by Gasteiger charge is 2.24. The van der Waals surface area contributed by atoms with Gasteiger partial charge >= 0.3 is 0 Å². The Morgan fingerprint density at radius 1 is 0.793 bits per heavy atom. The predicted octanol–water partition coefficient (Wildman–Crippen LogP) is 3.35. The number of benzene rings is 1. The van der Waals surface area contributed by atoms with E-state index in [2.05, 4.69) is 34.7 Å². The molecule has 1 amide bonds. The number of piperidine rings is 1. The van der Waals surface area contributed by atoms with Crippen molar-refractivity contribution in [2.75, 3.05) is 49.1 Å². The molecule has 0 spiro atoms. The second kappa shape index (κ2) is 8.39. The first-order valence-electron chi connectivity index (χ1n) is 10.7. The lowest BCUT2D eigenvalue weighted by Gasteiger charge is -2.35. The van der Waals surface area contributed by atoms with Gasteiger partial charge in [-0.2, -0.15) is 4.98 Å². The number of anilines is 2. The number of carbonyl (C=O) groups excluding carboxylic acids is 1. The van der Waals surface area contributed by atoms with Crippen LogP contribution in [0.1, 0.15) is 46.4 Å². The molecule has 2 fully saturated rings. The number of piperazine rings is 1. The van der Waals surface area contributed by atoms with E-state index in [1.54, 1.807) is 0 Å². The number of aromatic nitrogens is 2. The van der Waals surface area contributed by atoms with Crippen LogP contribution in [-0.2, 0) is 0 Å². The van der Waals surface area contributed by atoms with Gasteiger partial charge in [0.2, 0.25) is 5.95 Å². The minimum absolute atomic E-state index is 0.118. The summed E-state index contributed by atoms with van der Waals surface area (Å²) in [4.78, 5) is 29.0. The van der Waals surface area contributed by atoms with Gasteiger partial charge in [-0.25, -0.2) is 4.98 Å². The monoisotopic (exact) mass is 393 g/mol. The van der Waals surface area contributed by atoms with Crippen molar-refractivity contribution >= 4 is 17.7 Å². The van der Waals surface area contributed by atoms with E-state index < -0.39 is 0 Å². The summed E-state index contributed by atoms with van der Waals surface area (Å²) in [5.41, 5.74) is 4.16. The number of nitrogens with zero attached hydrogens (tertiary/aromatic N) is 5. The summed E-state index contributed by atoms with van der Waals surface area (Å²) in [5.74, 6) is 1.96. The standard InChI is InChI=1S/C23H31N5O/c1-17-7-8-20(15-18(17)2)22(29)27-11-13-28(14-12-27)23-24-19(3)16-21(25-23)26-9-5-4-6-10-26/h7-8,15-16H,4-6,9-14H2,1-3H3. The highest BCUT2D eigenvalue weighted by atomic mass is 16.2. The Balaban J connectivity index is 1.43. The summed E-state index contributed by atoms with van der Waals surface area (Å²) in [5, 5.41) is 0. The van der Waals surface area contributed by atoms with E-state index in [-0.39, 0.29) is 5.91 Å². The lowest BCUT2D eigenvalue weighted by Crippen LogP contribution is -2.49. The van der Waals surface area contributed by atoms with E-state index >= 15 is 0 Å². The van der Waals surface area contributed by atoms with Crippen molar-refractivity contribution in [3.05, 3.63) is 46.6 Å². The number of amides is 1. The van der Waals surface area contributed by atoms with Crippen LogP contribution in [0.3, 0.4) is 0 Å².